The highest BCUT2D eigenvalue weighted by atomic mass is 16.5. The van der Waals surface area contributed by atoms with Crippen molar-refractivity contribution in [2.75, 3.05) is 6.61 Å². The average Bonchev–Trinajstić information content (AvgIpc) is 2.77. The molecule has 0 aliphatic heterocycles. The van der Waals surface area contributed by atoms with Gasteiger partial charge in [-0.15, -0.1) is 0 Å². The zero-order valence-electron chi connectivity index (χ0n) is 16.9. The Balaban J connectivity index is 1.48. The maximum absolute atomic E-state index is 12.2. The first-order valence-corrected chi connectivity index (χ1v) is 9.71. The molecular formula is C24H24N2O4. The van der Waals surface area contributed by atoms with Crippen LogP contribution in [0.5, 0.6) is 11.5 Å². The minimum absolute atomic E-state index is 0.449. The Hall–Kier alpha value is -3.80. The van der Waals surface area contributed by atoms with Crippen molar-refractivity contribution in [1.29, 1.82) is 0 Å². The molecule has 0 aliphatic rings. The van der Waals surface area contributed by atoms with Crippen molar-refractivity contribution in [3.63, 3.8) is 0 Å². The lowest BCUT2D eigenvalue weighted by molar-refractivity contribution is -0.131. The summed E-state index contributed by atoms with van der Waals surface area (Å²) in [6.07, 6.45) is 2.21. The highest BCUT2D eigenvalue weighted by molar-refractivity contribution is 5.93. The largest absolute Gasteiger partial charge is 0.494 e. The van der Waals surface area contributed by atoms with Crippen LogP contribution in [0, 0.1) is 0 Å². The SMILES string of the molecule is CCOc1ccc(/C=C/C(=O)NNC(=O)C(C)Oc2ccc3ccccc3c2)cc1. The Kier molecular flexibility index (Phi) is 7.05. The van der Waals surface area contributed by atoms with E-state index in [4.69, 9.17) is 9.47 Å². The van der Waals surface area contributed by atoms with E-state index in [-0.39, 0.29) is 0 Å². The minimum Gasteiger partial charge on any atom is -0.494 e. The van der Waals surface area contributed by atoms with Gasteiger partial charge in [-0.2, -0.15) is 0 Å². The molecule has 0 heterocycles. The molecule has 6 nitrogen and oxygen atoms in total. The van der Waals surface area contributed by atoms with Gasteiger partial charge >= 0.3 is 0 Å². The average molecular weight is 404 g/mol. The second kappa shape index (κ2) is 10.1. The second-order valence-electron chi connectivity index (χ2n) is 6.58. The lowest BCUT2D eigenvalue weighted by atomic mass is 10.1. The molecule has 3 aromatic carbocycles. The molecule has 0 bridgehead atoms. The predicted molar refractivity (Wildman–Crippen MR) is 117 cm³/mol. The third-order valence-corrected chi connectivity index (χ3v) is 4.33. The first-order chi connectivity index (χ1) is 14.5. The van der Waals surface area contributed by atoms with Gasteiger partial charge in [-0.05, 0) is 60.5 Å². The van der Waals surface area contributed by atoms with Gasteiger partial charge < -0.3 is 9.47 Å². The maximum atomic E-state index is 12.2. The van der Waals surface area contributed by atoms with E-state index in [2.05, 4.69) is 10.9 Å². The number of carbonyl (C=O) groups excluding carboxylic acids is 2. The van der Waals surface area contributed by atoms with E-state index in [0.717, 1.165) is 22.1 Å². The summed E-state index contributed by atoms with van der Waals surface area (Å²) in [6, 6.07) is 20.8. The van der Waals surface area contributed by atoms with Gasteiger partial charge in [0.25, 0.3) is 11.8 Å². The van der Waals surface area contributed by atoms with E-state index in [9.17, 15) is 9.59 Å². The molecule has 30 heavy (non-hydrogen) atoms. The van der Waals surface area contributed by atoms with Crippen LogP contribution in [0.3, 0.4) is 0 Å². The van der Waals surface area contributed by atoms with E-state index in [1.54, 1.807) is 13.0 Å². The Morgan fingerprint density at radius 2 is 1.63 bits per heavy atom. The van der Waals surface area contributed by atoms with Crippen LogP contribution in [0.25, 0.3) is 16.8 Å². The van der Waals surface area contributed by atoms with Crippen molar-refractivity contribution >= 4 is 28.7 Å². The molecule has 3 aromatic rings. The molecule has 0 aromatic heterocycles. The number of hydrogen-bond acceptors (Lipinski definition) is 4. The number of hydrogen-bond donors (Lipinski definition) is 2. The number of ether oxygens (including phenoxy) is 2. The summed E-state index contributed by atoms with van der Waals surface area (Å²) in [4.78, 5) is 24.1. The summed E-state index contributed by atoms with van der Waals surface area (Å²) < 4.78 is 11.1. The van der Waals surface area contributed by atoms with Crippen LogP contribution >= 0.6 is 0 Å². The number of hydrazine groups is 1. The van der Waals surface area contributed by atoms with Crippen molar-refractivity contribution in [1.82, 2.24) is 10.9 Å². The summed E-state index contributed by atoms with van der Waals surface area (Å²) >= 11 is 0. The highest BCUT2D eigenvalue weighted by Crippen LogP contribution is 2.21. The van der Waals surface area contributed by atoms with Crippen molar-refractivity contribution < 1.29 is 19.1 Å². The molecule has 3 rings (SSSR count). The van der Waals surface area contributed by atoms with Gasteiger partial charge in [0, 0.05) is 6.08 Å². The topological polar surface area (TPSA) is 76.7 Å². The summed E-state index contributed by atoms with van der Waals surface area (Å²) in [7, 11) is 0. The van der Waals surface area contributed by atoms with E-state index >= 15 is 0 Å². The fourth-order valence-electron chi connectivity index (χ4n) is 2.78. The van der Waals surface area contributed by atoms with Gasteiger partial charge in [0.15, 0.2) is 6.10 Å². The number of amides is 2. The summed E-state index contributed by atoms with van der Waals surface area (Å²) in [5.74, 6) is 0.450. The molecule has 0 saturated heterocycles. The van der Waals surface area contributed by atoms with E-state index in [1.165, 1.54) is 6.08 Å². The lowest BCUT2D eigenvalue weighted by Crippen LogP contribution is -2.46. The van der Waals surface area contributed by atoms with E-state index < -0.39 is 17.9 Å². The van der Waals surface area contributed by atoms with E-state index in [0.29, 0.717) is 12.4 Å². The molecule has 0 fully saturated rings. The summed E-state index contributed by atoms with van der Waals surface area (Å²) in [5, 5.41) is 2.11. The molecule has 0 aliphatic carbocycles. The van der Waals surface area contributed by atoms with Crippen molar-refractivity contribution in [3.05, 3.63) is 78.4 Å². The molecule has 154 valence electrons. The van der Waals surface area contributed by atoms with E-state index in [1.807, 2.05) is 73.7 Å². The normalized spacial score (nSPS) is 11.8. The zero-order valence-corrected chi connectivity index (χ0v) is 16.9. The van der Waals surface area contributed by atoms with Gasteiger partial charge in [-0.1, -0.05) is 42.5 Å². The highest BCUT2D eigenvalue weighted by Gasteiger charge is 2.15. The molecule has 6 heteroatoms. The number of fused-ring (bicyclic) bond motifs is 1. The van der Waals surface area contributed by atoms with Gasteiger partial charge in [0.2, 0.25) is 0 Å². The first-order valence-electron chi connectivity index (χ1n) is 9.71. The smallest absolute Gasteiger partial charge is 0.279 e. The van der Waals surface area contributed by atoms with Crippen LogP contribution in [0.2, 0.25) is 0 Å². The molecule has 1 unspecified atom stereocenters. The molecule has 0 saturated carbocycles. The van der Waals surface area contributed by atoms with Crippen LogP contribution in [-0.4, -0.2) is 24.5 Å². The second-order valence-corrected chi connectivity index (χ2v) is 6.58. The molecule has 1 atom stereocenters. The van der Waals surface area contributed by atoms with Crippen LogP contribution < -0.4 is 20.3 Å². The summed E-state index contributed by atoms with van der Waals surface area (Å²) in [6.45, 7) is 4.13. The Morgan fingerprint density at radius 3 is 2.37 bits per heavy atom. The van der Waals surface area contributed by atoms with Crippen LogP contribution in [0.1, 0.15) is 19.4 Å². The van der Waals surface area contributed by atoms with Crippen LogP contribution in [0.15, 0.2) is 72.8 Å². The number of benzene rings is 3. The van der Waals surface area contributed by atoms with Gasteiger partial charge in [0.05, 0.1) is 6.61 Å². The monoisotopic (exact) mass is 404 g/mol. The minimum atomic E-state index is -0.776. The number of nitrogens with one attached hydrogen (secondary N) is 2. The third-order valence-electron chi connectivity index (χ3n) is 4.33. The summed E-state index contributed by atoms with van der Waals surface area (Å²) in [5.41, 5.74) is 5.56. The molecule has 2 N–H and O–H groups in total. The predicted octanol–water partition coefficient (Wildman–Crippen LogP) is 3.87. The third kappa shape index (κ3) is 5.85. The van der Waals surface area contributed by atoms with Gasteiger partial charge in [-0.25, -0.2) is 0 Å². The fraction of sp³-hybridized carbons (Fsp3) is 0.167. The molecule has 0 radical (unpaired) electrons. The van der Waals surface area contributed by atoms with Crippen LogP contribution in [-0.2, 0) is 9.59 Å². The van der Waals surface area contributed by atoms with Crippen molar-refractivity contribution in [2.24, 2.45) is 0 Å². The first kappa shape index (κ1) is 20.9. The Bertz CT molecular complexity index is 1040. The van der Waals surface area contributed by atoms with Crippen molar-refractivity contribution in [3.8, 4) is 11.5 Å². The van der Waals surface area contributed by atoms with Gasteiger partial charge in [0.1, 0.15) is 11.5 Å². The maximum Gasteiger partial charge on any atom is 0.279 e. The standard InChI is InChI=1S/C24H24N2O4/c1-3-29-21-12-8-18(9-13-21)10-15-23(27)25-26-24(28)17(2)30-22-14-11-19-6-4-5-7-20(19)16-22/h4-17H,3H2,1-2H3,(H,25,27)(H,26,28)/b15-10+. The van der Waals surface area contributed by atoms with Gasteiger partial charge in [-0.3, -0.25) is 20.4 Å². The Labute approximate surface area is 175 Å². The quantitative estimate of drug-likeness (QED) is 0.463. The van der Waals surface area contributed by atoms with Crippen molar-refractivity contribution in [2.45, 2.75) is 20.0 Å². The zero-order chi connectivity index (χ0) is 21.3. The van der Waals surface area contributed by atoms with Crippen LogP contribution in [0.4, 0.5) is 0 Å². The molecular weight excluding hydrogens is 380 g/mol. The molecule has 2 amide bonds. The lowest BCUT2D eigenvalue weighted by Gasteiger charge is -2.15. The molecule has 0 spiro atoms. The fourth-order valence-corrected chi connectivity index (χ4v) is 2.78. The number of carbonyl (C=O) groups is 2. The number of rotatable bonds is 7. The Morgan fingerprint density at radius 1 is 0.933 bits per heavy atom.